The van der Waals surface area contributed by atoms with Crippen molar-refractivity contribution in [3.8, 4) is 22.8 Å². The number of carbonyl (C=O) groups is 1. The summed E-state index contributed by atoms with van der Waals surface area (Å²) in [6, 6.07) is 13.8. The second kappa shape index (κ2) is 7.64. The molecule has 0 N–H and O–H groups in total. The summed E-state index contributed by atoms with van der Waals surface area (Å²) in [5.74, 6) is 0.333. The van der Waals surface area contributed by atoms with Gasteiger partial charge in [0.05, 0.1) is 18.9 Å². The van der Waals surface area contributed by atoms with Crippen LogP contribution in [0.3, 0.4) is 0 Å². The first-order valence-corrected chi connectivity index (χ1v) is 8.88. The van der Waals surface area contributed by atoms with Crippen LogP contribution in [0.25, 0.3) is 11.3 Å². The standard InChI is InChI=1S/C21H17FN2O4/c22-16-5-2-1-4-15(16)17-7-9-21(26)24(23-17)13-18(25)14-6-8-19-20(12-14)28-11-3-10-27-19/h1-2,4-9,12H,3,10-11,13H2. The largest absolute Gasteiger partial charge is 0.490 e. The van der Waals surface area contributed by atoms with Gasteiger partial charge >= 0.3 is 0 Å². The second-order valence-corrected chi connectivity index (χ2v) is 6.33. The van der Waals surface area contributed by atoms with Crippen molar-refractivity contribution >= 4 is 5.78 Å². The first-order valence-electron chi connectivity index (χ1n) is 8.88. The molecule has 0 fully saturated rings. The molecule has 1 aliphatic heterocycles. The average molecular weight is 380 g/mol. The molecule has 6 nitrogen and oxygen atoms in total. The molecule has 0 unspecified atom stereocenters. The van der Waals surface area contributed by atoms with Crippen LogP contribution in [0, 0.1) is 5.82 Å². The summed E-state index contributed by atoms with van der Waals surface area (Å²) in [7, 11) is 0. The Morgan fingerprint density at radius 3 is 2.64 bits per heavy atom. The number of benzene rings is 2. The van der Waals surface area contributed by atoms with Crippen molar-refractivity contribution in [1.29, 1.82) is 0 Å². The topological polar surface area (TPSA) is 70.4 Å². The fourth-order valence-corrected chi connectivity index (χ4v) is 2.94. The minimum atomic E-state index is -0.450. The number of rotatable bonds is 4. The normalized spacial score (nSPS) is 13.0. The van der Waals surface area contributed by atoms with E-state index >= 15 is 0 Å². The van der Waals surface area contributed by atoms with Gasteiger partial charge in [-0.3, -0.25) is 9.59 Å². The van der Waals surface area contributed by atoms with Crippen LogP contribution in [-0.2, 0) is 6.54 Å². The van der Waals surface area contributed by atoms with Crippen LogP contribution in [0.1, 0.15) is 16.8 Å². The van der Waals surface area contributed by atoms with Crippen LogP contribution in [0.2, 0.25) is 0 Å². The number of fused-ring (bicyclic) bond motifs is 1. The van der Waals surface area contributed by atoms with Gasteiger partial charge in [-0.25, -0.2) is 9.07 Å². The third kappa shape index (κ3) is 3.64. The molecular formula is C21H17FN2O4. The van der Waals surface area contributed by atoms with Crippen molar-refractivity contribution in [2.24, 2.45) is 0 Å². The van der Waals surface area contributed by atoms with E-state index in [1.54, 1.807) is 36.4 Å². The lowest BCUT2D eigenvalue weighted by Gasteiger charge is -2.10. The Morgan fingerprint density at radius 1 is 1.04 bits per heavy atom. The number of carbonyl (C=O) groups excluding carboxylic acids is 1. The second-order valence-electron chi connectivity index (χ2n) is 6.33. The van der Waals surface area contributed by atoms with E-state index < -0.39 is 11.4 Å². The Balaban J connectivity index is 1.61. The van der Waals surface area contributed by atoms with Crippen molar-refractivity contribution in [3.63, 3.8) is 0 Å². The van der Waals surface area contributed by atoms with E-state index in [1.165, 1.54) is 18.2 Å². The van der Waals surface area contributed by atoms with Crippen LogP contribution < -0.4 is 15.0 Å². The van der Waals surface area contributed by atoms with E-state index in [-0.39, 0.29) is 23.6 Å². The van der Waals surface area contributed by atoms with Crippen LogP contribution in [0.15, 0.2) is 59.4 Å². The minimum absolute atomic E-state index is 0.263. The molecule has 0 atom stereocenters. The van der Waals surface area contributed by atoms with Crippen molar-refractivity contribution in [2.75, 3.05) is 13.2 Å². The lowest BCUT2D eigenvalue weighted by molar-refractivity contribution is 0.0965. The molecule has 0 amide bonds. The number of halogens is 1. The van der Waals surface area contributed by atoms with E-state index in [1.807, 2.05) is 0 Å². The maximum atomic E-state index is 14.0. The molecule has 1 aliphatic rings. The molecule has 3 aromatic rings. The Kier molecular flexibility index (Phi) is 4.89. The Bertz CT molecular complexity index is 1090. The van der Waals surface area contributed by atoms with Gasteiger partial charge < -0.3 is 9.47 Å². The summed E-state index contributed by atoms with van der Waals surface area (Å²) < 4.78 is 26.2. The predicted octanol–water partition coefficient (Wildman–Crippen LogP) is 3.09. The van der Waals surface area contributed by atoms with Gasteiger partial charge in [0.15, 0.2) is 17.3 Å². The zero-order chi connectivity index (χ0) is 19.5. The number of Topliss-reactive ketones (excluding diaryl/α,β-unsaturated/α-hetero) is 1. The first-order chi connectivity index (χ1) is 13.6. The molecule has 0 saturated carbocycles. The predicted molar refractivity (Wildman–Crippen MR) is 100 cm³/mol. The van der Waals surface area contributed by atoms with Crippen molar-refractivity contribution in [3.05, 3.63) is 76.3 Å². The Morgan fingerprint density at radius 2 is 1.82 bits per heavy atom. The number of ether oxygens (including phenoxy) is 2. The van der Waals surface area contributed by atoms with Gasteiger partial charge in [0.2, 0.25) is 0 Å². The minimum Gasteiger partial charge on any atom is -0.490 e. The molecule has 28 heavy (non-hydrogen) atoms. The zero-order valence-corrected chi connectivity index (χ0v) is 14.9. The Hall–Kier alpha value is -3.48. The monoisotopic (exact) mass is 380 g/mol. The van der Waals surface area contributed by atoms with E-state index in [0.717, 1.165) is 11.1 Å². The van der Waals surface area contributed by atoms with Crippen LogP contribution in [0.4, 0.5) is 4.39 Å². The third-order valence-electron chi connectivity index (χ3n) is 4.38. The van der Waals surface area contributed by atoms with Gasteiger partial charge in [-0.15, -0.1) is 0 Å². The fraction of sp³-hybridized carbons (Fsp3) is 0.190. The number of ketones is 1. The van der Waals surface area contributed by atoms with Crippen LogP contribution in [-0.4, -0.2) is 28.8 Å². The van der Waals surface area contributed by atoms with Crippen molar-refractivity contribution < 1.29 is 18.7 Å². The lowest BCUT2D eigenvalue weighted by atomic mass is 10.1. The SMILES string of the molecule is O=C(Cn1nc(-c2ccccc2F)ccc1=O)c1ccc2c(c1)OCCCO2. The van der Waals surface area contributed by atoms with E-state index in [2.05, 4.69) is 5.10 Å². The molecule has 0 radical (unpaired) electrons. The molecule has 2 aromatic carbocycles. The summed E-state index contributed by atoms with van der Waals surface area (Å²) in [6.07, 6.45) is 0.764. The van der Waals surface area contributed by atoms with Gasteiger partial charge in [-0.05, 0) is 36.4 Å². The van der Waals surface area contributed by atoms with Crippen molar-refractivity contribution in [1.82, 2.24) is 9.78 Å². The average Bonchev–Trinajstić information content (AvgIpc) is 2.95. The molecule has 4 rings (SSSR count). The molecule has 7 heteroatoms. The highest BCUT2D eigenvalue weighted by atomic mass is 19.1. The molecule has 142 valence electrons. The summed E-state index contributed by atoms with van der Waals surface area (Å²) in [5.41, 5.74) is 0.487. The first kappa shape index (κ1) is 17.9. The fourth-order valence-electron chi connectivity index (χ4n) is 2.94. The summed E-state index contributed by atoms with van der Waals surface area (Å²) in [4.78, 5) is 24.8. The highest BCUT2D eigenvalue weighted by molar-refractivity contribution is 5.96. The quantitative estimate of drug-likeness (QED) is 0.651. The van der Waals surface area contributed by atoms with E-state index in [9.17, 15) is 14.0 Å². The lowest BCUT2D eigenvalue weighted by Crippen LogP contribution is -2.26. The summed E-state index contributed by atoms with van der Waals surface area (Å²) in [5, 5.41) is 4.16. The van der Waals surface area contributed by atoms with Gasteiger partial charge in [-0.2, -0.15) is 5.10 Å². The summed E-state index contributed by atoms with van der Waals surface area (Å²) in [6.45, 7) is 0.805. The highest BCUT2D eigenvalue weighted by Gasteiger charge is 2.16. The Labute approximate surface area is 160 Å². The zero-order valence-electron chi connectivity index (χ0n) is 14.9. The maximum Gasteiger partial charge on any atom is 0.267 e. The molecular weight excluding hydrogens is 363 g/mol. The maximum absolute atomic E-state index is 14.0. The van der Waals surface area contributed by atoms with Gasteiger partial charge in [-0.1, -0.05) is 12.1 Å². The molecule has 0 spiro atoms. The van der Waals surface area contributed by atoms with Gasteiger partial charge in [0.1, 0.15) is 12.4 Å². The third-order valence-corrected chi connectivity index (χ3v) is 4.38. The number of hydrogen-bond donors (Lipinski definition) is 0. The van der Waals surface area contributed by atoms with Crippen LogP contribution >= 0.6 is 0 Å². The van der Waals surface area contributed by atoms with Crippen molar-refractivity contribution in [2.45, 2.75) is 13.0 Å². The number of nitrogens with zero attached hydrogens (tertiary/aromatic N) is 2. The smallest absolute Gasteiger partial charge is 0.267 e. The van der Waals surface area contributed by atoms with E-state index in [4.69, 9.17) is 9.47 Å². The number of aromatic nitrogens is 2. The van der Waals surface area contributed by atoms with Gasteiger partial charge in [0, 0.05) is 23.6 Å². The summed E-state index contributed by atoms with van der Waals surface area (Å²) >= 11 is 0. The van der Waals surface area contributed by atoms with Crippen LogP contribution in [0.5, 0.6) is 11.5 Å². The molecule has 0 bridgehead atoms. The number of hydrogen-bond acceptors (Lipinski definition) is 5. The molecule has 2 heterocycles. The highest BCUT2D eigenvalue weighted by Crippen LogP contribution is 2.30. The molecule has 0 aliphatic carbocycles. The van der Waals surface area contributed by atoms with E-state index in [0.29, 0.717) is 30.3 Å². The molecule has 1 aromatic heterocycles. The van der Waals surface area contributed by atoms with Gasteiger partial charge in [0.25, 0.3) is 5.56 Å². The molecule has 0 saturated heterocycles.